The Morgan fingerprint density at radius 3 is 2.39 bits per heavy atom. The van der Waals surface area contributed by atoms with E-state index in [0.717, 1.165) is 30.6 Å². The lowest BCUT2D eigenvalue weighted by Crippen LogP contribution is -2.30. The zero-order valence-electron chi connectivity index (χ0n) is 19.3. The van der Waals surface area contributed by atoms with Crippen LogP contribution in [0.25, 0.3) is 11.3 Å². The molecule has 0 spiro atoms. The van der Waals surface area contributed by atoms with Crippen LogP contribution in [0.5, 0.6) is 11.5 Å². The van der Waals surface area contributed by atoms with Gasteiger partial charge in [-0.25, -0.2) is 4.98 Å². The van der Waals surface area contributed by atoms with Crippen molar-refractivity contribution in [2.75, 3.05) is 39.2 Å². The first-order chi connectivity index (χ1) is 16.2. The van der Waals surface area contributed by atoms with Gasteiger partial charge in [-0.05, 0) is 57.5 Å². The van der Waals surface area contributed by atoms with Crippen molar-refractivity contribution in [1.82, 2.24) is 9.88 Å². The van der Waals surface area contributed by atoms with E-state index in [0.29, 0.717) is 22.2 Å². The van der Waals surface area contributed by atoms with E-state index in [1.54, 1.807) is 43.8 Å². The number of anilines is 1. The number of ether oxygens (including phenoxy) is 2. The van der Waals surface area contributed by atoms with Gasteiger partial charge in [0, 0.05) is 22.1 Å². The number of thiazole rings is 1. The molecule has 7 heteroatoms. The van der Waals surface area contributed by atoms with Crippen LogP contribution in [0.4, 0.5) is 5.13 Å². The second-order valence-corrected chi connectivity index (χ2v) is 9.30. The molecule has 1 saturated heterocycles. The number of carbonyl (C=O) groups is 1. The lowest BCUT2D eigenvalue weighted by Gasteiger charge is -2.26. The zero-order chi connectivity index (χ0) is 23.0. The molecule has 6 nitrogen and oxygen atoms in total. The van der Waals surface area contributed by atoms with Gasteiger partial charge in [-0.1, -0.05) is 36.8 Å². The monoisotopic (exact) mass is 465 g/mol. The lowest BCUT2D eigenvalue weighted by molar-refractivity contribution is 0.102. The smallest absolute Gasteiger partial charge is 0.257 e. The molecule has 1 fully saturated rings. The van der Waals surface area contributed by atoms with E-state index in [4.69, 9.17) is 14.5 Å². The molecular formula is C26H31N3O3S. The van der Waals surface area contributed by atoms with Gasteiger partial charge >= 0.3 is 0 Å². The van der Waals surface area contributed by atoms with E-state index in [2.05, 4.69) is 22.3 Å². The van der Waals surface area contributed by atoms with Gasteiger partial charge in [-0.15, -0.1) is 11.3 Å². The van der Waals surface area contributed by atoms with Gasteiger partial charge in [-0.3, -0.25) is 10.1 Å². The van der Waals surface area contributed by atoms with E-state index < -0.39 is 0 Å². The molecule has 2 aromatic carbocycles. The van der Waals surface area contributed by atoms with Crippen LogP contribution >= 0.6 is 11.3 Å². The fraction of sp³-hybridized carbons (Fsp3) is 0.385. The Morgan fingerprint density at radius 1 is 1.03 bits per heavy atom. The number of methoxy groups -OCH3 is 2. The number of benzene rings is 2. The normalized spacial score (nSPS) is 14.1. The van der Waals surface area contributed by atoms with E-state index in [1.807, 2.05) is 18.2 Å². The highest BCUT2D eigenvalue weighted by molar-refractivity contribution is 7.16. The van der Waals surface area contributed by atoms with Gasteiger partial charge in [0.25, 0.3) is 5.91 Å². The highest BCUT2D eigenvalue weighted by atomic mass is 32.1. The van der Waals surface area contributed by atoms with Crippen molar-refractivity contribution in [3.8, 4) is 22.8 Å². The molecule has 0 aliphatic carbocycles. The summed E-state index contributed by atoms with van der Waals surface area (Å²) in [6, 6.07) is 15.3. The molecule has 3 aromatic rings. The number of aryl methyl sites for hydroxylation is 1. The summed E-state index contributed by atoms with van der Waals surface area (Å²) in [5.74, 6) is 0.907. The number of rotatable bonds is 9. The van der Waals surface area contributed by atoms with Crippen LogP contribution < -0.4 is 14.8 Å². The van der Waals surface area contributed by atoms with Crippen molar-refractivity contribution in [2.24, 2.45) is 0 Å². The van der Waals surface area contributed by atoms with E-state index in [9.17, 15) is 4.79 Å². The lowest BCUT2D eigenvalue weighted by atomic mass is 10.1. The van der Waals surface area contributed by atoms with E-state index >= 15 is 0 Å². The number of aromatic nitrogens is 1. The minimum Gasteiger partial charge on any atom is -0.497 e. The van der Waals surface area contributed by atoms with Gasteiger partial charge in [0.15, 0.2) is 5.13 Å². The third kappa shape index (κ3) is 6.12. The van der Waals surface area contributed by atoms with Crippen molar-refractivity contribution in [3.63, 3.8) is 0 Å². The minimum atomic E-state index is -0.236. The Morgan fingerprint density at radius 2 is 1.73 bits per heavy atom. The highest BCUT2D eigenvalue weighted by Crippen LogP contribution is 2.33. The molecular weight excluding hydrogens is 434 g/mol. The van der Waals surface area contributed by atoms with E-state index in [-0.39, 0.29) is 5.91 Å². The minimum absolute atomic E-state index is 0.236. The molecule has 0 unspecified atom stereocenters. The molecule has 2 heterocycles. The maximum Gasteiger partial charge on any atom is 0.257 e. The molecule has 4 rings (SSSR count). The van der Waals surface area contributed by atoms with Gasteiger partial charge in [0.05, 0.1) is 19.9 Å². The predicted molar refractivity (Wildman–Crippen MR) is 134 cm³/mol. The summed E-state index contributed by atoms with van der Waals surface area (Å²) in [6.45, 7) is 3.52. The van der Waals surface area contributed by atoms with Crippen molar-refractivity contribution in [3.05, 3.63) is 59.0 Å². The first-order valence-electron chi connectivity index (χ1n) is 11.5. The molecule has 0 radical (unpaired) electrons. The third-order valence-electron chi connectivity index (χ3n) is 5.91. The van der Waals surface area contributed by atoms with Gasteiger partial charge < -0.3 is 14.4 Å². The summed E-state index contributed by atoms with van der Waals surface area (Å²) in [5.41, 5.74) is 2.50. The Labute approximate surface area is 199 Å². The quantitative estimate of drug-likeness (QED) is 0.452. The Balaban J connectivity index is 1.51. The summed E-state index contributed by atoms with van der Waals surface area (Å²) >= 11 is 1.56. The van der Waals surface area contributed by atoms with Gasteiger partial charge in [0.2, 0.25) is 0 Å². The molecule has 1 N–H and O–H groups in total. The number of hydrogen-bond acceptors (Lipinski definition) is 6. The fourth-order valence-electron chi connectivity index (χ4n) is 4.15. The van der Waals surface area contributed by atoms with Crippen LogP contribution in [-0.4, -0.2) is 49.6 Å². The molecule has 33 heavy (non-hydrogen) atoms. The van der Waals surface area contributed by atoms with Gasteiger partial charge in [-0.2, -0.15) is 0 Å². The fourth-order valence-corrected chi connectivity index (χ4v) is 5.17. The summed E-state index contributed by atoms with van der Waals surface area (Å²) in [4.78, 5) is 21.5. The molecule has 1 amide bonds. The molecule has 1 aromatic heterocycles. The predicted octanol–water partition coefficient (Wildman–Crippen LogP) is 5.50. The number of piperidine rings is 1. The van der Waals surface area contributed by atoms with Crippen LogP contribution in [0.3, 0.4) is 0 Å². The SMILES string of the molecule is COc1cc(OC)cc(C(=O)Nc2nc(-c3ccccc3)c(CCCN3CCCCC3)s2)c1. The Hall–Kier alpha value is -2.90. The van der Waals surface area contributed by atoms with Crippen LogP contribution in [0.1, 0.15) is 40.9 Å². The second-order valence-electron chi connectivity index (χ2n) is 8.22. The Bertz CT molecular complexity index is 1040. The number of likely N-dealkylation sites (tertiary alicyclic amines) is 1. The summed E-state index contributed by atoms with van der Waals surface area (Å²) in [7, 11) is 3.14. The van der Waals surface area contributed by atoms with Crippen molar-refractivity contribution in [2.45, 2.75) is 32.1 Å². The van der Waals surface area contributed by atoms with Crippen LogP contribution in [0, 0.1) is 0 Å². The maximum atomic E-state index is 13.0. The summed E-state index contributed by atoms with van der Waals surface area (Å²) in [6.07, 6.45) is 6.00. The number of hydrogen-bond donors (Lipinski definition) is 1. The van der Waals surface area contributed by atoms with Gasteiger partial charge in [0.1, 0.15) is 11.5 Å². The van der Waals surface area contributed by atoms with Crippen LogP contribution in [0.2, 0.25) is 0 Å². The first-order valence-corrected chi connectivity index (χ1v) is 12.3. The van der Waals surface area contributed by atoms with Crippen molar-refractivity contribution < 1.29 is 14.3 Å². The molecule has 0 atom stereocenters. The maximum absolute atomic E-state index is 13.0. The highest BCUT2D eigenvalue weighted by Gasteiger charge is 2.17. The van der Waals surface area contributed by atoms with Crippen LogP contribution in [-0.2, 0) is 6.42 Å². The summed E-state index contributed by atoms with van der Waals surface area (Å²) in [5, 5.41) is 3.58. The van der Waals surface area contributed by atoms with Crippen molar-refractivity contribution in [1.29, 1.82) is 0 Å². The second kappa shape index (κ2) is 11.3. The third-order valence-corrected chi connectivity index (χ3v) is 6.94. The molecule has 0 bridgehead atoms. The topological polar surface area (TPSA) is 63.7 Å². The average Bonchev–Trinajstić information content (AvgIpc) is 3.27. The van der Waals surface area contributed by atoms with Crippen molar-refractivity contribution >= 4 is 22.4 Å². The Kier molecular flexibility index (Phi) is 7.96. The molecule has 1 aliphatic heterocycles. The molecule has 174 valence electrons. The largest absolute Gasteiger partial charge is 0.497 e. The zero-order valence-corrected chi connectivity index (χ0v) is 20.1. The van der Waals surface area contributed by atoms with E-state index in [1.165, 1.54) is 37.2 Å². The molecule has 1 aliphatic rings. The molecule has 0 saturated carbocycles. The summed E-state index contributed by atoms with van der Waals surface area (Å²) < 4.78 is 10.6. The van der Waals surface area contributed by atoms with Crippen LogP contribution in [0.15, 0.2) is 48.5 Å². The standard InChI is InChI=1S/C26H31N3O3S/c1-31-21-16-20(17-22(18-21)32-2)25(30)28-26-27-24(19-10-5-3-6-11-19)23(33-26)12-9-15-29-13-7-4-8-14-29/h3,5-6,10-11,16-18H,4,7-9,12-15H2,1-2H3,(H,27,28,30). The number of nitrogens with one attached hydrogen (secondary N) is 1. The number of nitrogens with zero attached hydrogens (tertiary/aromatic N) is 2. The average molecular weight is 466 g/mol. The first kappa shape index (κ1) is 23.3. The number of carbonyl (C=O) groups excluding carboxylic acids is 1. The number of amides is 1.